The number of morpholine rings is 1. The van der Waals surface area contributed by atoms with E-state index in [1.807, 2.05) is 4.90 Å². The number of aryl methyl sites for hydroxylation is 1. The number of carbonyl (C=O) groups excluding carboxylic acids is 1. The number of rotatable bonds is 3. The molecular formula is C18H26N2O2. The molecule has 4 nitrogen and oxygen atoms in total. The Morgan fingerprint density at radius 3 is 2.77 bits per heavy atom. The summed E-state index contributed by atoms with van der Waals surface area (Å²) in [6, 6.07) is 8.54. The summed E-state index contributed by atoms with van der Waals surface area (Å²) in [7, 11) is 0. The van der Waals surface area contributed by atoms with Gasteiger partial charge in [-0.1, -0.05) is 24.3 Å². The number of carbonyl (C=O) groups is 1. The molecule has 120 valence electrons. The number of piperidine rings is 1. The summed E-state index contributed by atoms with van der Waals surface area (Å²) in [5.41, 5.74) is 2.71. The molecule has 1 aromatic rings. The first-order chi connectivity index (χ1) is 10.7. The Bertz CT molecular complexity index is 512. The number of hydrogen-bond donors (Lipinski definition) is 0. The summed E-state index contributed by atoms with van der Waals surface area (Å²) >= 11 is 0. The molecule has 0 spiro atoms. The van der Waals surface area contributed by atoms with Gasteiger partial charge in [0.2, 0.25) is 5.91 Å². The normalized spacial score (nSPS) is 23.5. The fourth-order valence-electron chi connectivity index (χ4n) is 3.47. The van der Waals surface area contributed by atoms with Crippen molar-refractivity contribution in [2.24, 2.45) is 5.92 Å². The third-order valence-electron chi connectivity index (χ3n) is 4.83. The van der Waals surface area contributed by atoms with E-state index < -0.39 is 0 Å². The second-order valence-electron chi connectivity index (χ2n) is 6.44. The van der Waals surface area contributed by atoms with Crippen LogP contribution in [0.4, 0.5) is 0 Å². The Balaban J connectivity index is 1.59. The number of benzene rings is 1. The van der Waals surface area contributed by atoms with Crippen LogP contribution in [0.15, 0.2) is 24.3 Å². The van der Waals surface area contributed by atoms with Gasteiger partial charge in [0, 0.05) is 26.2 Å². The molecule has 0 radical (unpaired) electrons. The van der Waals surface area contributed by atoms with E-state index in [4.69, 9.17) is 4.74 Å². The summed E-state index contributed by atoms with van der Waals surface area (Å²) in [5.74, 6) is 0.494. The highest BCUT2D eigenvalue weighted by atomic mass is 16.5. The van der Waals surface area contributed by atoms with Gasteiger partial charge in [-0.05, 0) is 37.4 Å². The third-order valence-corrected chi connectivity index (χ3v) is 4.83. The van der Waals surface area contributed by atoms with E-state index in [1.54, 1.807) is 0 Å². The molecule has 1 atom stereocenters. The maximum atomic E-state index is 12.7. The molecule has 0 aromatic heterocycles. The molecule has 2 heterocycles. The molecule has 3 rings (SSSR count). The van der Waals surface area contributed by atoms with Crippen LogP contribution in [0.5, 0.6) is 0 Å². The molecule has 2 saturated heterocycles. The van der Waals surface area contributed by atoms with Gasteiger partial charge in [-0.2, -0.15) is 0 Å². The minimum absolute atomic E-state index is 0.163. The summed E-state index contributed by atoms with van der Waals surface area (Å²) in [4.78, 5) is 17.1. The first kappa shape index (κ1) is 15.5. The average molecular weight is 302 g/mol. The van der Waals surface area contributed by atoms with E-state index in [2.05, 4.69) is 36.1 Å². The summed E-state index contributed by atoms with van der Waals surface area (Å²) in [6.45, 7) is 8.00. The zero-order valence-corrected chi connectivity index (χ0v) is 13.5. The van der Waals surface area contributed by atoms with Gasteiger partial charge >= 0.3 is 0 Å². The SMILES string of the molecule is Cc1ccccc1CN1CCCC(C(=O)N2CCOCC2)C1. The summed E-state index contributed by atoms with van der Waals surface area (Å²) < 4.78 is 5.35. The fourth-order valence-corrected chi connectivity index (χ4v) is 3.47. The number of hydrogen-bond acceptors (Lipinski definition) is 3. The van der Waals surface area contributed by atoms with Crippen molar-refractivity contribution < 1.29 is 9.53 Å². The first-order valence-corrected chi connectivity index (χ1v) is 8.37. The van der Waals surface area contributed by atoms with Crippen molar-refractivity contribution in [2.75, 3.05) is 39.4 Å². The van der Waals surface area contributed by atoms with Crippen molar-refractivity contribution in [3.05, 3.63) is 35.4 Å². The molecule has 2 aliphatic heterocycles. The zero-order chi connectivity index (χ0) is 15.4. The molecule has 2 fully saturated rings. The van der Waals surface area contributed by atoms with Crippen LogP contribution in [-0.4, -0.2) is 55.1 Å². The Morgan fingerprint density at radius 1 is 1.23 bits per heavy atom. The van der Waals surface area contributed by atoms with Crippen LogP contribution in [0, 0.1) is 12.8 Å². The van der Waals surface area contributed by atoms with Crippen LogP contribution in [0.1, 0.15) is 24.0 Å². The smallest absolute Gasteiger partial charge is 0.227 e. The molecule has 22 heavy (non-hydrogen) atoms. The molecule has 0 aliphatic carbocycles. The molecule has 0 bridgehead atoms. The fraction of sp³-hybridized carbons (Fsp3) is 0.611. The number of amides is 1. The van der Waals surface area contributed by atoms with Gasteiger partial charge in [-0.25, -0.2) is 0 Å². The Hall–Kier alpha value is -1.39. The van der Waals surface area contributed by atoms with Crippen LogP contribution >= 0.6 is 0 Å². The lowest BCUT2D eigenvalue weighted by atomic mass is 9.95. The molecule has 2 aliphatic rings. The lowest BCUT2D eigenvalue weighted by Crippen LogP contribution is -2.48. The van der Waals surface area contributed by atoms with Gasteiger partial charge in [-0.3, -0.25) is 9.69 Å². The van der Waals surface area contributed by atoms with E-state index in [0.29, 0.717) is 19.1 Å². The average Bonchev–Trinajstić information content (AvgIpc) is 2.57. The van der Waals surface area contributed by atoms with Gasteiger partial charge in [-0.15, -0.1) is 0 Å². The highest BCUT2D eigenvalue weighted by Crippen LogP contribution is 2.22. The number of nitrogens with zero attached hydrogens (tertiary/aromatic N) is 2. The van der Waals surface area contributed by atoms with Gasteiger partial charge < -0.3 is 9.64 Å². The highest BCUT2D eigenvalue weighted by Gasteiger charge is 2.30. The maximum Gasteiger partial charge on any atom is 0.227 e. The lowest BCUT2D eigenvalue weighted by molar-refractivity contribution is -0.141. The standard InChI is InChI=1S/C18H26N2O2/c1-15-5-2-3-6-16(15)13-19-8-4-7-17(14-19)18(21)20-9-11-22-12-10-20/h2-3,5-6,17H,4,7-14H2,1H3. The molecule has 4 heteroatoms. The predicted molar refractivity (Wildman–Crippen MR) is 86.6 cm³/mol. The van der Waals surface area contributed by atoms with Crippen molar-refractivity contribution in [3.8, 4) is 0 Å². The third kappa shape index (κ3) is 3.68. The van der Waals surface area contributed by atoms with E-state index in [-0.39, 0.29) is 5.92 Å². The van der Waals surface area contributed by atoms with E-state index >= 15 is 0 Å². The van der Waals surface area contributed by atoms with Crippen molar-refractivity contribution in [1.82, 2.24) is 9.80 Å². The monoisotopic (exact) mass is 302 g/mol. The van der Waals surface area contributed by atoms with E-state index in [9.17, 15) is 4.79 Å². The van der Waals surface area contributed by atoms with E-state index in [0.717, 1.165) is 45.6 Å². The van der Waals surface area contributed by atoms with Crippen molar-refractivity contribution in [1.29, 1.82) is 0 Å². The van der Waals surface area contributed by atoms with Crippen molar-refractivity contribution in [2.45, 2.75) is 26.3 Å². The molecular weight excluding hydrogens is 276 g/mol. The van der Waals surface area contributed by atoms with E-state index in [1.165, 1.54) is 11.1 Å². The van der Waals surface area contributed by atoms with Crippen LogP contribution in [0.2, 0.25) is 0 Å². The Morgan fingerprint density at radius 2 is 2.00 bits per heavy atom. The quantitative estimate of drug-likeness (QED) is 0.857. The lowest BCUT2D eigenvalue weighted by Gasteiger charge is -2.36. The van der Waals surface area contributed by atoms with Crippen LogP contribution in [0.25, 0.3) is 0 Å². The van der Waals surface area contributed by atoms with Crippen molar-refractivity contribution >= 4 is 5.91 Å². The Kier molecular flexibility index (Phi) is 5.11. The molecule has 0 N–H and O–H groups in total. The molecule has 1 aromatic carbocycles. The Labute approximate surface area is 133 Å². The maximum absolute atomic E-state index is 12.7. The highest BCUT2D eigenvalue weighted by molar-refractivity contribution is 5.79. The van der Waals surface area contributed by atoms with Gasteiger partial charge in [0.15, 0.2) is 0 Å². The molecule has 0 saturated carbocycles. The minimum Gasteiger partial charge on any atom is -0.378 e. The van der Waals surface area contributed by atoms with Crippen LogP contribution < -0.4 is 0 Å². The summed E-state index contributed by atoms with van der Waals surface area (Å²) in [6.07, 6.45) is 2.15. The second kappa shape index (κ2) is 7.25. The molecule has 1 unspecified atom stereocenters. The van der Waals surface area contributed by atoms with Crippen LogP contribution in [-0.2, 0) is 16.1 Å². The van der Waals surface area contributed by atoms with Crippen molar-refractivity contribution in [3.63, 3.8) is 0 Å². The van der Waals surface area contributed by atoms with Gasteiger partial charge in [0.25, 0.3) is 0 Å². The number of ether oxygens (including phenoxy) is 1. The first-order valence-electron chi connectivity index (χ1n) is 8.37. The van der Waals surface area contributed by atoms with Gasteiger partial charge in [0.1, 0.15) is 0 Å². The zero-order valence-electron chi connectivity index (χ0n) is 13.5. The molecule has 1 amide bonds. The largest absolute Gasteiger partial charge is 0.378 e. The topological polar surface area (TPSA) is 32.8 Å². The van der Waals surface area contributed by atoms with Gasteiger partial charge in [0.05, 0.1) is 19.1 Å². The van der Waals surface area contributed by atoms with Crippen LogP contribution in [0.3, 0.4) is 0 Å². The summed E-state index contributed by atoms with van der Waals surface area (Å²) in [5, 5.41) is 0. The minimum atomic E-state index is 0.163. The number of likely N-dealkylation sites (tertiary alicyclic amines) is 1. The predicted octanol–water partition coefficient (Wildman–Crippen LogP) is 2.07. The second-order valence-corrected chi connectivity index (χ2v) is 6.44.